The van der Waals surface area contributed by atoms with E-state index in [2.05, 4.69) is 29.3 Å². The Morgan fingerprint density at radius 1 is 1.07 bits per heavy atom. The number of amides is 1. The second-order valence-corrected chi connectivity index (χ2v) is 6.84. The monoisotopic (exact) mass is 394 g/mol. The van der Waals surface area contributed by atoms with Gasteiger partial charge in [0.05, 0.1) is 6.61 Å². The quantitative estimate of drug-likeness (QED) is 0.557. The number of carbonyl (C=O) groups excluding carboxylic acids is 1. The second kappa shape index (κ2) is 9.89. The van der Waals surface area contributed by atoms with Gasteiger partial charge in [-0.3, -0.25) is 10.2 Å². The molecule has 1 heterocycles. The Labute approximate surface area is 170 Å². The number of nitrogens with zero attached hydrogens (tertiary/aromatic N) is 1. The zero-order valence-corrected chi connectivity index (χ0v) is 16.8. The van der Waals surface area contributed by atoms with Crippen LogP contribution in [0.3, 0.4) is 0 Å². The molecule has 0 radical (unpaired) electrons. The third-order valence-corrected chi connectivity index (χ3v) is 4.53. The van der Waals surface area contributed by atoms with Crippen LogP contribution in [0.5, 0.6) is 0 Å². The van der Waals surface area contributed by atoms with E-state index in [1.54, 1.807) is 25.1 Å². The molecular weight excluding hydrogens is 368 g/mol. The molecule has 0 atom stereocenters. The SMILES string of the molecule is CCCN(Cc1ccccc1)Cc1cc(=O)oc2cc(NC(=O)OCC)ccc12. The van der Waals surface area contributed by atoms with Gasteiger partial charge in [-0.1, -0.05) is 37.3 Å². The zero-order chi connectivity index (χ0) is 20.6. The van der Waals surface area contributed by atoms with Crippen LogP contribution in [0.15, 0.2) is 63.8 Å². The van der Waals surface area contributed by atoms with Gasteiger partial charge in [-0.25, -0.2) is 9.59 Å². The maximum atomic E-state index is 12.1. The number of nitrogens with one attached hydrogen (secondary N) is 1. The van der Waals surface area contributed by atoms with E-state index in [4.69, 9.17) is 9.15 Å². The van der Waals surface area contributed by atoms with Crippen LogP contribution in [0.1, 0.15) is 31.4 Å². The Balaban J connectivity index is 1.87. The Kier molecular flexibility index (Phi) is 7.03. The maximum absolute atomic E-state index is 12.1. The third kappa shape index (κ3) is 5.68. The lowest BCUT2D eigenvalue weighted by Crippen LogP contribution is -2.24. The molecule has 0 spiro atoms. The zero-order valence-electron chi connectivity index (χ0n) is 16.8. The van der Waals surface area contributed by atoms with E-state index in [1.165, 1.54) is 5.56 Å². The van der Waals surface area contributed by atoms with Gasteiger partial charge in [0, 0.05) is 36.3 Å². The van der Waals surface area contributed by atoms with Crippen molar-refractivity contribution < 1.29 is 13.9 Å². The Bertz CT molecular complexity index is 1010. The number of rotatable bonds is 8. The molecule has 0 saturated carbocycles. The topological polar surface area (TPSA) is 71.8 Å². The van der Waals surface area contributed by atoms with E-state index in [0.717, 1.165) is 30.5 Å². The predicted molar refractivity (Wildman–Crippen MR) is 114 cm³/mol. The first-order valence-corrected chi connectivity index (χ1v) is 9.86. The van der Waals surface area contributed by atoms with E-state index in [1.807, 2.05) is 24.3 Å². The number of fused-ring (bicyclic) bond motifs is 1. The molecule has 152 valence electrons. The highest BCUT2D eigenvalue weighted by atomic mass is 16.5. The van der Waals surface area contributed by atoms with Crippen LogP contribution in [0.4, 0.5) is 10.5 Å². The van der Waals surface area contributed by atoms with Gasteiger partial charge in [0.2, 0.25) is 0 Å². The fraction of sp³-hybridized carbons (Fsp3) is 0.304. The van der Waals surface area contributed by atoms with Gasteiger partial charge in [-0.05, 0) is 43.1 Å². The number of anilines is 1. The summed E-state index contributed by atoms with van der Waals surface area (Å²) in [6.45, 7) is 6.52. The van der Waals surface area contributed by atoms with Crippen LogP contribution >= 0.6 is 0 Å². The molecule has 3 rings (SSSR count). The van der Waals surface area contributed by atoms with Crippen molar-refractivity contribution in [2.24, 2.45) is 0 Å². The summed E-state index contributed by atoms with van der Waals surface area (Å²) in [6, 6.07) is 17.1. The standard InChI is InChI=1S/C23H26N2O4/c1-3-12-25(15-17-8-6-5-7-9-17)16-18-13-22(26)29-21-14-19(10-11-20(18)21)24-23(27)28-4-2/h5-11,13-14H,3-4,12,15-16H2,1-2H3,(H,24,27). The molecule has 6 nitrogen and oxygen atoms in total. The average Bonchev–Trinajstić information content (AvgIpc) is 2.68. The maximum Gasteiger partial charge on any atom is 0.411 e. The van der Waals surface area contributed by atoms with Crippen molar-refractivity contribution in [2.45, 2.75) is 33.4 Å². The van der Waals surface area contributed by atoms with Gasteiger partial charge in [0.15, 0.2) is 0 Å². The van der Waals surface area contributed by atoms with Crippen LogP contribution in [0.2, 0.25) is 0 Å². The van der Waals surface area contributed by atoms with E-state index in [-0.39, 0.29) is 6.61 Å². The summed E-state index contributed by atoms with van der Waals surface area (Å²) < 4.78 is 10.3. The summed E-state index contributed by atoms with van der Waals surface area (Å²) in [5.74, 6) is 0. The van der Waals surface area contributed by atoms with Crippen molar-refractivity contribution in [3.8, 4) is 0 Å². The van der Waals surface area contributed by atoms with Crippen molar-refractivity contribution in [1.29, 1.82) is 0 Å². The summed E-state index contributed by atoms with van der Waals surface area (Å²) in [7, 11) is 0. The Hall–Kier alpha value is -3.12. The molecule has 3 aromatic rings. The number of hydrogen-bond donors (Lipinski definition) is 1. The minimum absolute atomic E-state index is 0.285. The van der Waals surface area contributed by atoms with E-state index in [0.29, 0.717) is 17.8 Å². The average molecular weight is 394 g/mol. The van der Waals surface area contributed by atoms with Crippen LogP contribution in [0, 0.1) is 0 Å². The molecule has 0 aliphatic heterocycles. The van der Waals surface area contributed by atoms with E-state index in [9.17, 15) is 9.59 Å². The predicted octanol–water partition coefficient (Wildman–Crippen LogP) is 4.77. The fourth-order valence-electron chi connectivity index (χ4n) is 3.34. The van der Waals surface area contributed by atoms with Crippen molar-refractivity contribution in [3.63, 3.8) is 0 Å². The second-order valence-electron chi connectivity index (χ2n) is 6.84. The lowest BCUT2D eigenvalue weighted by atomic mass is 10.1. The van der Waals surface area contributed by atoms with Crippen molar-refractivity contribution in [1.82, 2.24) is 4.90 Å². The number of carbonyl (C=O) groups is 1. The highest BCUT2D eigenvalue weighted by Gasteiger charge is 2.12. The first-order chi connectivity index (χ1) is 14.1. The molecule has 0 saturated heterocycles. The molecule has 0 aliphatic rings. The highest BCUT2D eigenvalue weighted by Crippen LogP contribution is 2.23. The molecule has 1 aromatic heterocycles. The first-order valence-electron chi connectivity index (χ1n) is 9.86. The van der Waals surface area contributed by atoms with Crippen LogP contribution in [-0.2, 0) is 17.8 Å². The molecule has 1 amide bonds. The normalized spacial score (nSPS) is 11.0. The van der Waals surface area contributed by atoms with Gasteiger partial charge >= 0.3 is 11.7 Å². The molecule has 0 fully saturated rings. The number of ether oxygens (including phenoxy) is 1. The van der Waals surface area contributed by atoms with Crippen molar-refractivity contribution >= 4 is 22.7 Å². The summed E-state index contributed by atoms with van der Waals surface area (Å²) in [4.78, 5) is 26.1. The van der Waals surface area contributed by atoms with E-state index >= 15 is 0 Å². The third-order valence-electron chi connectivity index (χ3n) is 4.53. The number of benzene rings is 2. The molecular formula is C23H26N2O4. The first kappa shape index (κ1) is 20.6. The smallest absolute Gasteiger partial charge is 0.411 e. The molecule has 0 aliphatic carbocycles. The Morgan fingerprint density at radius 2 is 1.86 bits per heavy atom. The summed E-state index contributed by atoms with van der Waals surface area (Å²) in [6.07, 6.45) is 0.474. The lowest BCUT2D eigenvalue weighted by Gasteiger charge is -2.22. The summed E-state index contributed by atoms with van der Waals surface area (Å²) in [5, 5.41) is 3.49. The van der Waals surface area contributed by atoms with E-state index < -0.39 is 11.7 Å². The van der Waals surface area contributed by atoms with Crippen molar-refractivity contribution in [3.05, 3.63) is 76.1 Å². The molecule has 2 aromatic carbocycles. The molecule has 0 bridgehead atoms. The molecule has 0 unspecified atom stereocenters. The largest absolute Gasteiger partial charge is 0.450 e. The van der Waals surface area contributed by atoms with Gasteiger partial charge in [0.1, 0.15) is 5.58 Å². The van der Waals surface area contributed by atoms with Gasteiger partial charge < -0.3 is 9.15 Å². The minimum Gasteiger partial charge on any atom is -0.450 e. The molecule has 1 N–H and O–H groups in total. The summed E-state index contributed by atoms with van der Waals surface area (Å²) in [5.41, 5.74) is 2.69. The van der Waals surface area contributed by atoms with Crippen LogP contribution < -0.4 is 10.9 Å². The fourth-order valence-corrected chi connectivity index (χ4v) is 3.34. The minimum atomic E-state index is -0.540. The van der Waals surface area contributed by atoms with Gasteiger partial charge in [-0.15, -0.1) is 0 Å². The van der Waals surface area contributed by atoms with Crippen molar-refractivity contribution in [2.75, 3.05) is 18.5 Å². The van der Waals surface area contributed by atoms with Gasteiger partial charge in [0.25, 0.3) is 0 Å². The molecule has 29 heavy (non-hydrogen) atoms. The van der Waals surface area contributed by atoms with Crippen LogP contribution in [0.25, 0.3) is 11.0 Å². The lowest BCUT2D eigenvalue weighted by molar-refractivity contribution is 0.168. The summed E-state index contributed by atoms with van der Waals surface area (Å²) >= 11 is 0. The Morgan fingerprint density at radius 3 is 2.59 bits per heavy atom. The molecule has 6 heteroatoms. The van der Waals surface area contributed by atoms with Gasteiger partial charge in [-0.2, -0.15) is 0 Å². The highest BCUT2D eigenvalue weighted by molar-refractivity contribution is 5.89. The van der Waals surface area contributed by atoms with Crippen LogP contribution in [-0.4, -0.2) is 24.1 Å². The number of hydrogen-bond acceptors (Lipinski definition) is 5.